The lowest BCUT2D eigenvalue weighted by atomic mass is 9.84. The fourth-order valence-electron chi connectivity index (χ4n) is 4.50. The lowest BCUT2D eigenvalue weighted by Gasteiger charge is -2.39. The second-order valence-corrected chi connectivity index (χ2v) is 8.09. The van der Waals surface area contributed by atoms with Crippen LogP contribution in [0.2, 0.25) is 5.02 Å². The van der Waals surface area contributed by atoms with Crippen molar-refractivity contribution in [2.75, 3.05) is 12.4 Å². The lowest BCUT2D eigenvalue weighted by Crippen LogP contribution is -2.32. The third kappa shape index (κ3) is 2.87. The topological polar surface area (TPSA) is 61.2 Å². The van der Waals surface area contributed by atoms with E-state index in [1.54, 1.807) is 13.4 Å². The van der Waals surface area contributed by atoms with Gasteiger partial charge in [-0.2, -0.15) is 10.1 Å². The van der Waals surface area contributed by atoms with Gasteiger partial charge in [-0.1, -0.05) is 54.1 Å². The Morgan fingerprint density at radius 1 is 1.03 bits per heavy atom. The fraction of sp³-hybridized carbons (Fsp3) is 0.120. The molecule has 1 aromatic heterocycles. The third-order valence-corrected chi connectivity index (χ3v) is 6.26. The van der Waals surface area contributed by atoms with Crippen LogP contribution in [0.4, 0.5) is 5.95 Å². The second kappa shape index (κ2) is 7.43. The molecule has 4 aromatic rings. The maximum atomic E-state index is 6.66. The number of aromatic nitrogens is 3. The van der Waals surface area contributed by atoms with Gasteiger partial charge in [0.2, 0.25) is 5.95 Å². The highest BCUT2D eigenvalue weighted by Crippen LogP contribution is 2.51. The van der Waals surface area contributed by atoms with Crippen LogP contribution in [0.25, 0.3) is 5.70 Å². The zero-order valence-corrected chi connectivity index (χ0v) is 18.0. The van der Waals surface area contributed by atoms with Gasteiger partial charge in [-0.3, -0.25) is 0 Å². The molecule has 7 heteroatoms. The number of methoxy groups -OCH3 is 1. The van der Waals surface area contributed by atoms with Gasteiger partial charge in [0.05, 0.1) is 12.8 Å². The number of hydrogen-bond donors (Lipinski definition) is 1. The van der Waals surface area contributed by atoms with Gasteiger partial charge in [-0.25, -0.2) is 4.68 Å². The maximum Gasteiger partial charge on any atom is 0.226 e. The highest BCUT2D eigenvalue weighted by molar-refractivity contribution is 6.31. The summed E-state index contributed by atoms with van der Waals surface area (Å²) in [5.74, 6) is 2.24. The van der Waals surface area contributed by atoms with Crippen molar-refractivity contribution in [3.05, 3.63) is 106 Å². The van der Waals surface area contributed by atoms with Crippen molar-refractivity contribution < 1.29 is 9.47 Å². The first-order chi connectivity index (χ1) is 15.7. The van der Waals surface area contributed by atoms with Crippen molar-refractivity contribution in [1.82, 2.24) is 14.8 Å². The Morgan fingerprint density at radius 2 is 1.88 bits per heavy atom. The molecule has 2 atom stereocenters. The molecular formula is C25H19ClN4O2. The van der Waals surface area contributed by atoms with Gasteiger partial charge in [0.1, 0.15) is 23.9 Å². The molecule has 0 unspecified atom stereocenters. The number of halogens is 1. The first kappa shape index (κ1) is 19.0. The summed E-state index contributed by atoms with van der Waals surface area (Å²) < 4.78 is 14.0. The molecule has 0 bridgehead atoms. The summed E-state index contributed by atoms with van der Waals surface area (Å²) >= 11 is 6.66. The predicted octanol–water partition coefficient (Wildman–Crippen LogP) is 5.50. The molecule has 0 radical (unpaired) electrons. The van der Waals surface area contributed by atoms with E-state index < -0.39 is 6.10 Å². The normalized spacial score (nSPS) is 18.7. The van der Waals surface area contributed by atoms with E-state index in [2.05, 4.69) is 27.5 Å². The van der Waals surface area contributed by atoms with E-state index in [9.17, 15) is 0 Å². The molecule has 2 aliphatic heterocycles. The average Bonchev–Trinajstić information content (AvgIpc) is 3.31. The monoisotopic (exact) mass is 442 g/mol. The van der Waals surface area contributed by atoms with Crippen LogP contribution in [0.5, 0.6) is 11.5 Å². The van der Waals surface area contributed by atoms with Crippen LogP contribution in [0.15, 0.2) is 84.7 Å². The van der Waals surface area contributed by atoms with Crippen LogP contribution in [0.3, 0.4) is 0 Å². The zero-order chi connectivity index (χ0) is 21.7. The molecule has 32 heavy (non-hydrogen) atoms. The van der Waals surface area contributed by atoms with Crippen LogP contribution in [0, 0.1) is 0 Å². The lowest BCUT2D eigenvalue weighted by molar-refractivity contribution is 0.223. The Morgan fingerprint density at radius 3 is 2.75 bits per heavy atom. The van der Waals surface area contributed by atoms with Crippen molar-refractivity contribution in [3.63, 3.8) is 0 Å². The van der Waals surface area contributed by atoms with E-state index in [-0.39, 0.29) is 6.04 Å². The molecule has 1 N–H and O–H groups in total. The molecule has 2 aliphatic rings. The molecule has 0 spiro atoms. The van der Waals surface area contributed by atoms with Crippen LogP contribution in [-0.4, -0.2) is 21.9 Å². The van der Waals surface area contributed by atoms with Crippen LogP contribution in [-0.2, 0) is 0 Å². The minimum Gasteiger partial charge on any atom is -0.497 e. The van der Waals surface area contributed by atoms with Crippen molar-refractivity contribution in [1.29, 1.82) is 0 Å². The summed E-state index contributed by atoms with van der Waals surface area (Å²) in [6, 6.07) is 23.5. The Labute approximate surface area is 190 Å². The van der Waals surface area contributed by atoms with Gasteiger partial charge < -0.3 is 14.8 Å². The Bertz CT molecular complexity index is 1360. The standard InChI is InChI=1S/C25H19ClN4O2/c1-31-16-8-6-7-15(13-16)23-21-22(29-25-27-14-28-30(23)25)18-10-3-5-12-20(18)32-24(21)17-9-2-4-11-19(17)26/h2-14,23-24H,1H3,(H,27,28,29)/t23-,24-/m1/s1. The van der Waals surface area contributed by atoms with Crippen molar-refractivity contribution >= 4 is 23.2 Å². The number of hydrogen-bond acceptors (Lipinski definition) is 5. The summed E-state index contributed by atoms with van der Waals surface area (Å²) in [7, 11) is 1.67. The fourth-order valence-corrected chi connectivity index (χ4v) is 4.73. The van der Waals surface area contributed by atoms with Crippen LogP contribution < -0.4 is 14.8 Å². The number of fused-ring (bicyclic) bond motifs is 3. The quantitative estimate of drug-likeness (QED) is 0.454. The molecule has 3 aromatic carbocycles. The highest BCUT2D eigenvalue weighted by atomic mass is 35.5. The van der Waals surface area contributed by atoms with E-state index in [4.69, 9.17) is 21.1 Å². The van der Waals surface area contributed by atoms with Gasteiger partial charge >= 0.3 is 0 Å². The van der Waals surface area contributed by atoms with Crippen LogP contribution >= 0.6 is 11.6 Å². The number of anilines is 1. The molecule has 3 heterocycles. The molecule has 158 valence electrons. The summed E-state index contributed by atoms with van der Waals surface area (Å²) in [5.41, 5.74) is 4.88. The molecule has 0 saturated carbocycles. The maximum absolute atomic E-state index is 6.66. The van der Waals surface area contributed by atoms with Crippen LogP contribution in [0.1, 0.15) is 28.8 Å². The summed E-state index contributed by atoms with van der Waals surface area (Å²) in [6.07, 6.45) is 1.15. The van der Waals surface area contributed by atoms with E-state index in [0.29, 0.717) is 11.0 Å². The Hall–Kier alpha value is -3.77. The first-order valence-electron chi connectivity index (χ1n) is 10.3. The van der Waals surface area contributed by atoms with E-state index in [1.165, 1.54) is 0 Å². The second-order valence-electron chi connectivity index (χ2n) is 7.68. The molecule has 0 saturated heterocycles. The van der Waals surface area contributed by atoms with Gasteiger partial charge in [0.15, 0.2) is 6.10 Å². The molecule has 0 aliphatic carbocycles. The predicted molar refractivity (Wildman–Crippen MR) is 123 cm³/mol. The summed E-state index contributed by atoms with van der Waals surface area (Å²) in [5, 5.41) is 8.69. The molecule has 0 amide bonds. The number of rotatable bonds is 3. The number of nitrogens with zero attached hydrogens (tertiary/aromatic N) is 3. The minimum absolute atomic E-state index is 0.256. The van der Waals surface area contributed by atoms with E-state index >= 15 is 0 Å². The minimum atomic E-state index is -0.408. The summed E-state index contributed by atoms with van der Waals surface area (Å²) in [6.45, 7) is 0. The molecule has 6 nitrogen and oxygen atoms in total. The highest BCUT2D eigenvalue weighted by Gasteiger charge is 2.41. The molecular weight excluding hydrogens is 424 g/mol. The number of para-hydroxylation sites is 1. The Balaban J connectivity index is 1.64. The van der Waals surface area contributed by atoms with Crippen molar-refractivity contribution in [2.24, 2.45) is 0 Å². The van der Waals surface area contributed by atoms with E-state index in [0.717, 1.165) is 39.5 Å². The van der Waals surface area contributed by atoms with Gasteiger partial charge in [0.25, 0.3) is 0 Å². The van der Waals surface area contributed by atoms with Crippen molar-refractivity contribution in [2.45, 2.75) is 12.1 Å². The van der Waals surface area contributed by atoms with Crippen molar-refractivity contribution in [3.8, 4) is 11.5 Å². The molecule has 0 fully saturated rings. The number of benzene rings is 3. The SMILES string of the molecule is COc1cccc([C@@H]2C3=C(Nc4ncnn42)c2ccccc2O[C@@H]3c2ccccc2Cl)c1. The van der Waals surface area contributed by atoms with Gasteiger partial charge in [0, 0.05) is 21.7 Å². The van der Waals surface area contributed by atoms with E-state index in [1.807, 2.05) is 65.3 Å². The van der Waals surface area contributed by atoms with Gasteiger partial charge in [-0.15, -0.1) is 0 Å². The number of nitrogens with one attached hydrogen (secondary N) is 1. The number of ether oxygens (including phenoxy) is 2. The largest absolute Gasteiger partial charge is 0.497 e. The average molecular weight is 443 g/mol. The smallest absolute Gasteiger partial charge is 0.226 e. The summed E-state index contributed by atoms with van der Waals surface area (Å²) in [4.78, 5) is 4.46. The van der Waals surface area contributed by atoms with Gasteiger partial charge in [-0.05, 0) is 35.9 Å². The molecule has 6 rings (SSSR count). The third-order valence-electron chi connectivity index (χ3n) is 5.92. The Kier molecular flexibility index (Phi) is 4.40. The first-order valence-corrected chi connectivity index (χ1v) is 10.7. The zero-order valence-electron chi connectivity index (χ0n) is 17.2.